The Bertz CT molecular complexity index is 728. The topological polar surface area (TPSA) is 71.5 Å². The minimum Gasteiger partial charge on any atom is -0.378 e. The lowest BCUT2D eigenvalue weighted by molar-refractivity contribution is -0.116. The van der Waals surface area contributed by atoms with Crippen LogP contribution in [0.25, 0.3) is 0 Å². The summed E-state index contributed by atoms with van der Waals surface area (Å²) in [6.45, 7) is 3.12. The van der Waals surface area contributed by atoms with Crippen LogP contribution in [0.5, 0.6) is 0 Å². The van der Waals surface area contributed by atoms with Crippen molar-refractivity contribution in [3.8, 4) is 0 Å². The fourth-order valence-corrected chi connectivity index (χ4v) is 2.72. The van der Waals surface area contributed by atoms with Crippen LogP contribution in [-0.2, 0) is 9.53 Å². The Balaban J connectivity index is 1.53. The van der Waals surface area contributed by atoms with Crippen LogP contribution >= 0.6 is 0 Å². The zero-order valence-electron chi connectivity index (χ0n) is 14.0. The number of amides is 1. The van der Waals surface area contributed by atoms with Crippen molar-refractivity contribution in [2.24, 2.45) is 0 Å². The highest BCUT2D eigenvalue weighted by molar-refractivity contribution is 5.99. The van der Waals surface area contributed by atoms with Crippen molar-refractivity contribution in [1.82, 2.24) is 4.98 Å². The smallest absolute Gasteiger partial charge is 0.224 e. The number of nitrogens with one attached hydrogen (secondary N) is 1. The summed E-state index contributed by atoms with van der Waals surface area (Å²) in [5.41, 5.74) is 2.33. The molecule has 1 N–H and O–H groups in total. The molecule has 1 aromatic carbocycles. The fraction of sp³-hybridized carbons (Fsp3) is 0.316. The van der Waals surface area contributed by atoms with Crippen molar-refractivity contribution in [2.75, 3.05) is 36.5 Å². The van der Waals surface area contributed by atoms with Gasteiger partial charge in [-0.25, -0.2) is 0 Å². The number of rotatable bonds is 6. The van der Waals surface area contributed by atoms with Gasteiger partial charge in [0, 0.05) is 55.3 Å². The molecule has 3 rings (SSSR count). The van der Waals surface area contributed by atoms with Gasteiger partial charge in [0.05, 0.1) is 13.2 Å². The Morgan fingerprint density at radius 2 is 1.96 bits per heavy atom. The van der Waals surface area contributed by atoms with Gasteiger partial charge < -0.3 is 15.0 Å². The molecule has 0 unspecified atom stereocenters. The zero-order chi connectivity index (χ0) is 17.5. The van der Waals surface area contributed by atoms with Crippen LogP contribution in [0.1, 0.15) is 23.2 Å². The van der Waals surface area contributed by atoms with Gasteiger partial charge in [-0.05, 0) is 30.3 Å². The van der Waals surface area contributed by atoms with Gasteiger partial charge in [-0.1, -0.05) is 6.07 Å². The molecule has 1 aliphatic rings. The monoisotopic (exact) mass is 339 g/mol. The molecule has 2 aromatic rings. The van der Waals surface area contributed by atoms with Crippen LogP contribution in [0.3, 0.4) is 0 Å². The summed E-state index contributed by atoms with van der Waals surface area (Å²) >= 11 is 0. The van der Waals surface area contributed by atoms with E-state index in [-0.39, 0.29) is 24.5 Å². The van der Waals surface area contributed by atoms with Crippen LogP contribution in [0.4, 0.5) is 11.4 Å². The van der Waals surface area contributed by atoms with Crippen LogP contribution in [-0.4, -0.2) is 43.0 Å². The minimum atomic E-state index is -0.170. The lowest BCUT2D eigenvalue weighted by Gasteiger charge is -2.29. The number of anilines is 2. The normalized spacial score (nSPS) is 14.2. The van der Waals surface area contributed by atoms with Crippen molar-refractivity contribution in [1.29, 1.82) is 0 Å². The number of aromatic nitrogens is 1. The summed E-state index contributed by atoms with van der Waals surface area (Å²) < 4.78 is 5.36. The highest BCUT2D eigenvalue weighted by Gasteiger charge is 2.13. The summed E-state index contributed by atoms with van der Waals surface area (Å²) in [6, 6.07) is 11.2. The number of ether oxygens (including phenoxy) is 1. The average molecular weight is 339 g/mol. The molecule has 1 fully saturated rings. The number of pyridine rings is 1. The van der Waals surface area contributed by atoms with Crippen molar-refractivity contribution >= 4 is 23.1 Å². The third kappa shape index (κ3) is 4.87. The van der Waals surface area contributed by atoms with Gasteiger partial charge in [-0.3, -0.25) is 14.6 Å². The quantitative estimate of drug-likeness (QED) is 0.819. The Morgan fingerprint density at radius 3 is 2.72 bits per heavy atom. The van der Waals surface area contributed by atoms with E-state index in [1.807, 2.05) is 24.3 Å². The van der Waals surface area contributed by atoms with E-state index in [1.54, 1.807) is 18.3 Å². The van der Waals surface area contributed by atoms with E-state index < -0.39 is 0 Å². The predicted octanol–water partition coefficient (Wildman–Crippen LogP) is 2.52. The van der Waals surface area contributed by atoms with Crippen molar-refractivity contribution in [2.45, 2.75) is 12.8 Å². The molecule has 0 spiro atoms. The molecule has 0 aliphatic carbocycles. The van der Waals surface area contributed by atoms with Gasteiger partial charge in [0.2, 0.25) is 5.91 Å². The van der Waals surface area contributed by atoms with Gasteiger partial charge in [-0.15, -0.1) is 0 Å². The first kappa shape index (κ1) is 17.1. The van der Waals surface area contributed by atoms with Crippen LogP contribution in [0, 0.1) is 0 Å². The second-order valence-electron chi connectivity index (χ2n) is 5.86. The molecule has 0 atom stereocenters. The minimum absolute atomic E-state index is 0.0784. The summed E-state index contributed by atoms with van der Waals surface area (Å²) in [7, 11) is 0. The number of carbonyl (C=O) groups is 2. The second-order valence-corrected chi connectivity index (χ2v) is 5.86. The van der Waals surface area contributed by atoms with Crippen LogP contribution in [0.2, 0.25) is 0 Å². The van der Waals surface area contributed by atoms with Gasteiger partial charge in [0.15, 0.2) is 5.78 Å². The molecular formula is C19H21N3O3. The van der Waals surface area contributed by atoms with E-state index >= 15 is 0 Å². The van der Waals surface area contributed by atoms with E-state index in [0.717, 1.165) is 24.5 Å². The first-order valence-corrected chi connectivity index (χ1v) is 8.38. The third-order valence-corrected chi connectivity index (χ3v) is 4.07. The molecule has 0 bridgehead atoms. The molecule has 0 radical (unpaired) electrons. The second kappa shape index (κ2) is 8.39. The number of Topliss-reactive ketones (excluding diaryl/α,β-unsaturated/α-hetero) is 1. The fourth-order valence-electron chi connectivity index (χ4n) is 2.72. The number of morpholine rings is 1. The summed E-state index contributed by atoms with van der Waals surface area (Å²) in [5.74, 6) is -0.248. The number of benzene rings is 1. The number of nitrogens with zero attached hydrogens (tertiary/aromatic N) is 2. The number of ketones is 1. The maximum atomic E-state index is 12.1. The molecule has 6 heteroatoms. The number of hydrogen-bond donors (Lipinski definition) is 1. The van der Waals surface area contributed by atoms with E-state index in [2.05, 4.69) is 15.2 Å². The molecule has 6 nitrogen and oxygen atoms in total. The molecule has 1 saturated heterocycles. The van der Waals surface area contributed by atoms with Crippen molar-refractivity contribution in [3.63, 3.8) is 0 Å². The molecule has 1 amide bonds. The Hall–Kier alpha value is -2.73. The number of carbonyl (C=O) groups excluding carboxylic acids is 2. The van der Waals surface area contributed by atoms with E-state index in [0.29, 0.717) is 18.8 Å². The van der Waals surface area contributed by atoms with E-state index in [4.69, 9.17) is 4.74 Å². The Morgan fingerprint density at radius 1 is 1.12 bits per heavy atom. The average Bonchev–Trinajstić information content (AvgIpc) is 2.68. The van der Waals surface area contributed by atoms with Gasteiger partial charge >= 0.3 is 0 Å². The molecule has 0 saturated carbocycles. The molecule has 1 aliphatic heterocycles. The predicted molar refractivity (Wildman–Crippen MR) is 95.9 cm³/mol. The maximum Gasteiger partial charge on any atom is 0.224 e. The highest BCUT2D eigenvalue weighted by Crippen LogP contribution is 2.20. The first-order chi connectivity index (χ1) is 12.2. The lowest BCUT2D eigenvalue weighted by Crippen LogP contribution is -2.36. The maximum absolute atomic E-state index is 12.1. The van der Waals surface area contributed by atoms with Gasteiger partial charge in [0.25, 0.3) is 0 Å². The molecule has 2 heterocycles. The zero-order valence-corrected chi connectivity index (χ0v) is 14.0. The Kier molecular flexibility index (Phi) is 5.74. The van der Waals surface area contributed by atoms with E-state index in [1.165, 1.54) is 6.20 Å². The van der Waals surface area contributed by atoms with Gasteiger partial charge in [-0.2, -0.15) is 0 Å². The first-order valence-electron chi connectivity index (χ1n) is 8.38. The molecule has 1 aromatic heterocycles. The lowest BCUT2D eigenvalue weighted by atomic mass is 10.1. The van der Waals surface area contributed by atoms with Crippen molar-refractivity contribution < 1.29 is 14.3 Å². The Labute approximate surface area is 146 Å². The van der Waals surface area contributed by atoms with E-state index in [9.17, 15) is 9.59 Å². The highest BCUT2D eigenvalue weighted by atomic mass is 16.5. The van der Waals surface area contributed by atoms with Crippen LogP contribution in [0.15, 0.2) is 48.8 Å². The van der Waals surface area contributed by atoms with Crippen molar-refractivity contribution in [3.05, 3.63) is 54.4 Å². The summed E-state index contributed by atoms with van der Waals surface area (Å²) in [4.78, 5) is 30.3. The SMILES string of the molecule is O=C(CCC(=O)c1cccnc1)Nc1cccc(N2CCOCC2)c1. The molecule has 130 valence electrons. The molecule has 25 heavy (non-hydrogen) atoms. The third-order valence-electron chi connectivity index (χ3n) is 4.07. The summed E-state index contributed by atoms with van der Waals surface area (Å²) in [6.07, 6.45) is 3.45. The van der Waals surface area contributed by atoms with Crippen LogP contribution < -0.4 is 10.2 Å². The number of hydrogen-bond acceptors (Lipinski definition) is 5. The largest absolute Gasteiger partial charge is 0.378 e. The van der Waals surface area contributed by atoms with Gasteiger partial charge in [0.1, 0.15) is 0 Å². The molecular weight excluding hydrogens is 318 g/mol. The summed E-state index contributed by atoms with van der Waals surface area (Å²) in [5, 5.41) is 2.86. The standard InChI is InChI=1S/C19H21N3O3/c23-18(15-3-2-8-20-14-15)6-7-19(24)21-16-4-1-5-17(13-16)22-9-11-25-12-10-22/h1-5,8,13-14H,6-7,9-12H2,(H,21,24).